The molecule has 2 atom stereocenters. The molecule has 0 saturated heterocycles. The highest BCUT2D eigenvalue weighted by Gasteiger charge is 2.44. The zero-order chi connectivity index (χ0) is 14.0. The van der Waals surface area contributed by atoms with Gasteiger partial charge in [-0.25, -0.2) is 0 Å². The van der Waals surface area contributed by atoms with E-state index in [-0.39, 0.29) is 5.69 Å². The second-order valence-electron chi connectivity index (χ2n) is 5.53. The van der Waals surface area contributed by atoms with Gasteiger partial charge in [-0.05, 0) is 37.2 Å². The maximum Gasteiger partial charge on any atom is 0.309 e. The van der Waals surface area contributed by atoms with Crippen LogP contribution in [0.4, 0.5) is 5.69 Å². The summed E-state index contributed by atoms with van der Waals surface area (Å²) in [6.45, 7) is 2.07. The number of nitro benzene ring substituents is 1. The van der Waals surface area contributed by atoms with Gasteiger partial charge in [-0.2, -0.15) is 0 Å². The van der Waals surface area contributed by atoms with Crippen LogP contribution in [0.3, 0.4) is 0 Å². The van der Waals surface area contributed by atoms with Crippen molar-refractivity contribution in [3.05, 3.63) is 39.9 Å². The topological polar surface area (TPSA) is 80.4 Å². The molecule has 1 aliphatic rings. The van der Waals surface area contributed by atoms with Crippen LogP contribution >= 0.6 is 0 Å². The van der Waals surface area contributed by atoms with E-state index in [0.29, 0.717) is 25.2 Å². The second kappa shape index (κ2) is 4.99. The lowest BCUT2D eigenvalue weighted by Gasteiger charge is -2.24. The lowest BCUT2D eigenvalue weighted by molar-refractivity contribution is -0.384. The van der Waals surface area contributed by atoms with E-state index in [0.717, 1.165) is 12.0 Å². The number of hydrogen-bond donors (Lipinski definition) is 1. The Morgan fingerprint density at radius 3 is 2.53 bits per heavy atom. The van der Waals surface area contributed by atoms with Crippen LogP contribution in [0.15, 0.2) is 24.3 Å². The summed E-state index contributed by atoms with van der Waals surface area (Å²) in [6, 6.07) is 6.18. The summed E-state index contributed by atoms with van der Waals surface area (Å²) in [6.07, 6.45) is 2.74. The minimum Gasteiger partial charge on any atom is -0.481 e. The first kappa shape index (κ1) is 13.5. The van der Waals surface area contributed by atoms with E-state index in [1.807, 2.05) is 0 Å². The zero-order valence-corrected chi connectivity index (χ0v) is 10.8. The number of rotatable bonds is 4. The van der Waals surface area contributed by atoms with Gasteiger partial charge in [-0.3, -0.25) is 14.9 Å². The number of carboxylic acids is 1. The molecule has 102 valence electrons. The lowest BCUT2D eigenvalue weighted by atomic mass is 9.79. The standard InChI is InChI=1S/C14H17NO4/c1-10-6-7-14(8-10,13(16)17)9-11-2-4-12(5-3-11)15(18)19/h2-5,10H,6-9H2,1H3,(H,16,17). The van der Waals surface area contributed by atoms with E-state index in [9.17, 15) is 20.0 Å². The molecule has 2 rings (SSSR count). The molecule has 5 heteroatoms. The maximum atomic E-state index is 11.5. The highest BCUT2D eigenvalue weighted by Crippen LogP contribution is 2.44. The fraction of sp³-hybridized carbons (Fsp3) is 0.500. The Morgan fingerprint density at radius 1 is 1.47 bits per heavy atom. The monoisotopic (exact) mass is 263 g/mol. The molecular weight excluding hydrogens is 246 g/mol. The van der Waals surface area contributed by atoms with Crippen molar-refractivity contribution < 1.29 is 14.8 Å². The fourth-order valence-electron chi connectivity index (χ4n) is 2.95. The molecule has 19 heavy (non-hydrogen) atoms. The largest absolute Gasteiger partial charge is 0.481 e. The number of carbonyl (C=O) groups is 1. The first-order chi connectivity index (χ1) is 8.93. The van der Waals surface area contributed by atoms with Crippen LogP contribution in [0.1, 0.15) is 31.7 Å². The summed E-state index contributed by atoms with van der Waals surface area (Å²) in [5.74, 6) is -0.329. The highest BCUT2D eigenvalue weighted by atomic mass is 16.6. The molecule has 5 nitrogen and oxygen atoms in total. The van der Waals surface area contributed by atoms with Gasteiger partial charge in [0.15, 0.2) is 0 Å². The van der Waals surface area contributed by atoms with Gasteiger partial charge in [0, 0.05) is 12.1 Å². The maximum absolute atomic E-state index is 11.5. The summed E-state index contributed by atoms with van der Waals surface area (Å²) in [4.78, 5) is 21.7. The third kappa shape index (κ3) is 2.75. The zero-order valence-electron chi connectivity index (χ0n) is 10.8. The minimum absolute atomic E-state index is 0.0351. The number of carboxylic acid groups (broad SMARTS) is 1. The van der Waals surface area contributed by atoms with Crippen molar-refractivity contribution in [2.24, 2.45) is 11.3 Å². The molecule has 0 spiro atoms. The Morgan fingerprint density at radius 2 is 2.11 bits per heavy atom. The Labute approximate surface area is 111 Å². The molecule has 2 unspecified atom stereocenters. The van der Waals surface area contributed by atoms with Gasteiger partial charge < -0.3 is 5.11 Å². The molecule has 1 N–H and O–H groups in total. The van der Waals surface area contributed by atoms with Gasteiger partial charge in [-0.15, -0.1) is 0 Å². The number of nitrogens with zero attached hydrogens (tertiary/aromatic N) is 1. The van der Waals surface area contributed by atoms with Crippen molar-refractivity contribution in [2.75, 3.05) is 0 Å². The smallest absolute Gasteiger partial charge is 0.309 e. The van der Waals surface area contributed by atoms with Gasteiger partial charge >= 0.3 is 5.97 Å². The number of aliphatic carboxylic acids is 1. The lowest BCUT2D eigenvalue weighted by Crippen LogP contribution is -2.30. The second-order valence-corrected chi connectivity index (χ2v) is 5.53. The van der Waals surface area contributed by atoms with Crippen LogP contribution < -0.4 is 0 Å². The quantitative estimate of drug-likeness (QED) is 0.668. The number of non-ortho nitro benzene ring substituents is 1. The predicted molar refractivity (Wildman–Crippen MR) is 69.9 cm³/mol. The van der Waals surface area contributed by atoms with Crippen LogP contribution in [0.5, 0.6) is 0 Å². The van der Waals surface area contributed by atoms with Gasteiger partial charge in [0.2, 0.25) is 0 Å². The molecule has 1 aliphatic carbocycles. The normalized spacial score (nSPS) is 26.3. The van der Waals surface area contributed by atoms with Crippen molar-refractivity contribution in [1.29, 1.82) is 0 Å². The molecule has 0 aromatic heterocycles. The SMILES string of the molecule is CC1CCC(Cc2ccc([N+](=O)[O-])cc2)(C(=O)O)C1. The molecule has 0 radical (unpaired) electrons. The molecule has 0 heterocycles. The van der Waals surface area contributed by atoms with Crippen molar-refractivity contribution in [3.63, 3.8) is 0 Å². The summed E-state index contributed by atoms with van der Waals surface area (Å²) in [5.41, 5.74) is 0.185. The summed E-state index contributed by atoms with van der Waals surface area (Å²) in [5, 5.41) is 20.1. The van der Waals surface area contributed by atoms with Gasteiger partial charge in [0.05, 0.1) is 10.3 Å². The molecule has 1 saturated carbocycles. The molecule has 1 aromatic carbocycles. The van der Waals surface area contributed by atoms with Crippen molar-refractivity contribution in [3.8, 4) is 0 Å². The van der Waals surface area contributed by atoms with Gasteiger partial charge in [-0.1, -0.05) is 19.1 Å². The molecule has 1 aromatic rings. The van der Waals surface area contributed by atoms with Crippen molar-refractivity contribution in [2.45, 2.75) is 32.6 Å². The molecule has 1 fully saturated rings. The Kier molecular flexibility index (Phi) is 3.55. The average Bonchev–Trinajstić information content (AvgIpc) is 2.73. The van der Waals surface area contributed by atoms with Crippen LogP contribution in [-0.4, -0.2) is 16.0 Å². The fourth-order valence-corrected chi connectivity index (χ4v) is 2.95. The van der Waals surface area contributed by atoms with Crippen LogP contribution in [0.25, 0.3) is 0 Å². The molecule has 0 bridgehead atoms. The number of nitro groups is 1. The Hall–Kier alpha value is -1.91. The molecule has 0 amide bonds. The third-order valence-corrected chi connectivity index (χ3v) is 4.00. The van der Waals surface area contributed by atoms with Crippen LogP contribution in [-0.2, 0) is 11.2 Å². The average molecular weight is 263 g/mol. The third-order valence-electron chi connectivity index (χ3n) is 4.00. The molecular formula is C14H17NO4. The highest BCUT2D eigenvalue weighted by molar-refractivity contribution is 5.75. The first-order valence-electron chi connectivity index (χ1n) is 6.40. The minimum atomic E-state index is -0.754. The van der Waals surface area contributed by atoms with Crippen LogP contribution in [0.2, 0.25) is 0 Å². The summed E-state index contributed by atoms with van der Waals surface area (Å²) in [7, 11) is 0. The van der Waals surface area contributed by atoms with Gasteiger partial charge in [0.25, 0.3) is 5.69 Å². The van der Waals surface area contributed by atoms with E-state index in [4.69, 9.17) is 0 Å². The van der Waals surface area contributed by atoms with Crippen LogP contribution in [0, 0.1) is 21.4 Å². The van der Waals surface area contributed by atoms with E-state index >= 15 is 0 Å². The van der Waals surface area contributed by atoms with Gasteiger partial charge in [0.1, 0.15) is 0 Å². The summed E-state index contributed by atoms with van der Waals surface area (Å²) < 4.78 is 0. The van der Waals surface area contributed by atoms with E-state index in [1.54, 1.807) is 12.1 Å². The van der Waals surface area contributed by atoms with Crippen molar-refractivity contribution in [1.82, 2.24) is 0 Å². The number of hydrogen-bond acceptors (Lipinski definition) is 3. The predicted octanol–water partition coefficient (Wildman–Crippen LogP) is 3.03. The summed E-state index contributed by atoms with van der Waals surface area (Å²) >= 11 is 0. The Bertz CT molecular complexity index is 497. The van der Waals surface area contributed by atoms with E-state index in [1.165, 1.54) is 12.1 Å². The van der Waals surface area contributed by atoms with Crippen molar-refractivity contribution >= 4 is 11.7 Å². The first-order valence-corrected chi connectivity index (χ1v) is 6.40. The Balaban J connectivity index is 2.18. The molecule has 0 aliphatic heterocycles. The van der Waals surface area contributed by atoms with E-state index in [2.05, 4.69) is 6.92 Å². The van der Waals surface area contributed by atoms with E-state index < -0.39 is 16.3 Å². The number of benzene rings is 1.